The maximum Gasteiger partial charge on any atom is 0.269 e. The lowest BCUT2D eigenvalue weighted by molar-refractivity contribution is 0.140. The Morgan fingerprint density at radius 1 is 1.57 bits per heavy atom. The first kappa shape index (κ1) is 10.8. The molecule has 0 amide bonds. The van der Waals surface area contributed by atoms with Crippen LogP contribution in [0.5, 0.6) is 5.75 Å². The van der Waals surface area contributed by atoms with Crippen molar-refractivity contribution in [3.8, 4) is 5.75 Å². The zero-order chi connectivity index (χ0) is 10.7. The summed E-state index contributed by atoms with van der Waals surface area (Å²) in [6.07, 6.45) is -2.20. The van der Waals surface area contributed by atoms with Crippen LogP contribution in [0.2, 0.25) is 0 Å². The van der Waals surface area contributed by atoms with Crippen molar-refractivity contribution in [1.29, 1.82) is 0 Å². The van der Waals surface area contributed by atoms with E-state index in [1.165, 1.54) is 0 Å². The number of hydrogen-bond donors (Lipinski definition) is 1. The number of aliphatic hydroxyl groups is 1. The maximum absolute atomic E-state index is 12.9. The summed E-state index contributed by atoms with van der Waals surface area (Å²) in [4.78, 5) is 3.34. The summed E-state index contributed by atoms with van der Waals surface area (Å²) < 4.78 is 42.3. The molecule has 0 aliphatic rings. The number of ether oxygens (including phenoxy) is 1. The molecule has 1 N–H and O–H groups in total. The molecule has 0 spiro atoms. The second kappa shape index (κ2) is 4.28. The Balaban J connectivity index is 3.36. The molecule has 0 aliphatic carbocycles. The molecule has 0 unspecified atom stereocenters. The summed E-state index contributed by atoms with van der Waals surface area (Å²) >= 11 is 0. The normalized spacial score (nSPS) is 10.7. The van der Waals surface area contributed by atoms with Crippen molar-refractivity contribution < 1.29 is 23.0 Å². The fourth-order valence-electron chi connectivity index (χ4n) is 1.08. The number of methoxy groups -OCH3 is 1. The monoisotopic (exact) mass is 207 g/mol. The molecule has 1 heterocycles. The van der Waals surface area contributed by atoms with E-state index in [4.69, 9.17) is 5.11 Å². The lowest BCUT2D eigenvalue weighted by atomic mass is 10.2. The predicted molar refractivity (Wildman–Crippen MR) is 41.6 cm³/mol. The number of pyridine rings is 1. The molecule has 0 saturated heterocycles. The Morgan fingerprint density at radius 3 is 2.64 bits per heavy atom. The van der Waals surface area contributed by atoms with Gasteiger partial charge >= 0.3 is 0 Å². The number of nitrogens with zero attached hydrogens (tertiary/aromatic N) is 1. The molecule has 0 bridgehead atoms. The fraction of sp³-hybridized carbons (Fsp3) is 0.375. The quantitative estimate of drug-likeness (QED) is 0.819. The third kappa shape index (κ3) is 1.79. The third-order valence-electron chi connectivity index (χ3n) is 1.68. The first-order chi connectivity index (χ1) is 6.61. The van der Waals surface area contributed by atoms with Gasteiger partial charge in [0.1, 0.15) is 0 Å². The van der Waals surface area contributed by atoms with E-state index in [9.17, 15) is 13.2 Å². The SMILES string of the molecule is COc1c(F)cnc(CO)c1C(F)F. The second-order valence-corrected chi connectivity index (χ2v) is 2.46. The highest BCUT2D eigenvalue weighted by Gasteiger charge is 2.22. The Bertz CT molecular complexity index is 331. The summed E-state index contributed by atoms with van der Waals surface area (Å²) in [6, 6.07) is 0. The maximum atomic E-state index is 12.9. The molecule has 1 aromatic rings. The first-order valence-electron chi connectivity index (χ1n) is 3.72. The van der Waals surface area contributed by atoms with Crippen molar-refractivity contribution in [2.24, 2.45) is 0 Å². The number of alkyl halides is 2. The summed E-state index contributed by atoms with van der Waals surface area (Å²) in [5.41, 5.74) is -0.978. The van der Waals surface area contributed by atoms with E-state index >= 15 is 0 Å². The lowest BCUT2D eigenvalue weighted by Gasteiger charge is -2.11. The van der Waals surface area contributed by atoms with Crippen molar-refractivity contribution in [2.75, 3.05) is 7.11 Å². The number of aliphatic hydroxyl groups excluding tert-OH is 1. The van der Waals surface area contributed by atoms with E-state index in [2.05, 4.69) is 9.72 Å². The lowest BCUT2D eigenvalue weighted by Crippen LogP contribution is -2.04. The van der Waals surface area contributed by atoms with Crippen molar-refractivity contribution in [3.63, 3.8) is 0 Å². The van der Waals surface area contributed by atoms with Gasteiger partial charge in [-0.15, -0.1) is 0 Å². The summed E-state index contributed by atoms with van der Waals surface area (Å²) in [7, 11) is 1.07. The first-order valence-corrected chi connectivity index (χ1v) is 3.72. The zero-order valence-corrected chi connectivity index (χ0v) is 7.30. The summed E-state index contributed by atoms with van der Waals surface area (Å²) in [5, 5.41) is 8.70. The topological polar surface area (TPSA) is 42.4 Å². The van der Waals surface area contributed by atoms with Gasteiger partial charge in [0.15, 0.2) is 11.6 Å². The van der Waals surface area contributed by atoms with Gasteiger partial charge in [-0.3, -0.25) is 4.98 Å². The largest absolute Gasteiger partial charge is 0.493 e. The Morgan fingerprint density at radius 2 is 2.21 bits per heavy atom. The van der Waals surface area contributed by atoms with Gasteiger partial charge in [-0.25, -0.2) is 13.2 Å². The van der Waals surface area contributed by atoms with Gasteiger partial charge < -0.3 is 9.84 Å². The minimum Gasteiger partial charge on any atom is -0.493 e. The van der Waals surface area contributed by atoms with E-state index in [1.54, 1.807) is 0 Å². The van der Waals surface area contributed by atoms with Gasteiger partial charge in [-0.2, -0.15) is 0 Å². The smallest absolute Gasteiger partial charge is 0.269 e. The van der Waals surface area contributed by atoms with E-state index in [-0.39, 0.29) is 5.69 Å². The molecule has 0 fully saturated rings. The Labute approximate surface area is 78.2 Å². The predicted octanol–water partition coefficient (Wildman–Crippen LogP) is 1.66. The van der Waals surface area contributed by atoms with Gasteiger partial charge in [-0.1, -0.05) is 0 Å². The van der Waals surface area contributed by atoms with Crippen LogP contribution in [0.25, 0.3) is 0 Å². The van der Waals surface area contributed by atoms with Crippen LogP contribution in [0, 0.1) is 5.82 Å². The number of hydrogen-bond acceptors (Lipinski definition) is 3. The van der Waals surface area contributed by atoms with Gasteiger partial charge in [-0.05, 0) is 0 Å². The Kier molecular flexibility index (Phi) is 3.29. The zero-order valence-electron chi connectivity index (χ0n) is 7.30. The van der Waals surface area contributed by atoms with Crippen molar-refractivity contribution >= 4 is 0 Å². The molecule has 1 rings (SSSR count). The highest BCUT2D eigenvalue weighted by Crippen LogP contribution is 2.32. The van der Waals surface area contributed by atoms with E-state index in [0.29, 0.717) is 0 Å². The van der Waals surface area contributed by atoms with Gasteiger partial charge in [0.2, 0.25) is 0 Å². The molecular weight excluding hydrogens is 199 g/mol. The van der Waals surface area contributed by atoms with E-state index < -0.39 is 30.2 Å². The van der Waals surface area contributed by atoms with Gasteiger partial charge in [0.05, 0.1) is 31.2 Å². The van der Waals surface area contributed by atoms with Crippen LogP contribution in [0.4, 0.5) is 13.2 Å². The van der Waals surface area contributed by atoms with Crippen molar-refractivity contribution in [3.05, 3.63) is 23.3 Å². The van der Waals surface area contributed by atoms with Gasteiger partial charge in [0, 0.05) is 0 Å². The third-order valence-corrected chi connectivity index (χ3v) is 1.68. The van der Waals surface area contributed by atoms with Crippen molar-refractivity contribution in [2.45, 2.75) is 13.0 Å². The van der Waals surface area contributed by atoms with Crippen LogP contribution >= 0.6 is 0 Å². The molecular formula is C8H8F3NO2. The van der Waals surface area contributed by atoms with Crippen LogP contribution in [-0.4, -0.2) is 17.2 Å². The molecule has 14 heavy (non-hydrogen) atoms. The summed E-state index contributed by atoms with van der Waals surface area (Å²) in [6.45, 7) is -0.684. The van der Waals surface area contributed by atoms with Crippen LogP contribution in [0.1, 0.15) is 17.7 Å². The van der Waals surface area contributed by atoms with Crippen LogP contribution < -0.4 is 4.74 Å². The number of halogens is 3. The number of aromatic nitrogens is 1. The second-order valence-electron chi connectivity index (χ2n) is 2.46. The average molecular weight is 207 g/mol. The summed E-state index contributed by atoms with van der Waals surface area (Å²) in [5.74, 6) is -1.54. The average Bonchev–Trinajstić information content (AvgIpc) is 2.17. The van der Waals surface area contributed by atoms with Crippen LogP contribution in [0.3, 0.4) is 0 Å². The highest BCUT2D eigenvalue weighted by atomic mass is 19.3. The minimum absolute atomic E-state index is 0.279. The molecule has 0 aromatic carbocycles. The van der Waals surface area contributed by atoms with Gasteiger partial charge in [0.25, 0.3) is 6.43 Å². The molecule has 1 aromatic heterocycles. The molecule has 6 heteroatoms. The minimum atomic E-state index is -2.93. The van der Waals surface area contributed by atoms with Crippen LogP contribution in [0.15, 0.2) is 6.20 Å². The number of rotatable bonds is 3. The van der Waals surface area contributed by atoms with E-state index in [1.807, 2.05) is 0 Å². The molecule has 0 saturated carbocycles. The molecule has 0 aliphatic heterocycles. The standard InChI is InChI=1S/C8H8F3NO2/c1-14-7-4(9)2-12-5(3-13)6(7)8(10)11/h2,8,13H,3H2,1H3. The molecule has 3 nitrogen and oxygen atoms in total. The van der Waals surface area contributed by atoms with E-state index in [0.717, 1.165) is 13.3 Å². The molecule has 0 atom stereocenters. The fourth-order valence-corrected chi connectivity index (χ4v) is 1.08. The molecule has 78 valence electrons. The Hall–Kier alpha value is -1.30. The van der Waals surface area contributed by atoms with Crippen LogP contribution in [-0.2, 0) is 6.61 Å². The molecule has 0 radical (unpaired) electrons. The van der Waals surface area contributed by atoms with Crippen molar-refractivity contribution in [1.82, 2.24) is 4.98 Å². The highest BCUT2D eigenvalue weighted by molar-refractivity contribution is 5.37.